The van der Waals surface area contributed by atoms with Crippen molar-refractivity contribution in [3.05, 3.63) is 47.2 Å². The van der Waals surface area contributed by atoms with Crippen LogP contribution in [-0.2, 0) is 11.3 Å². The van der Waals surface area contributed by atoms with Crippen LogP contribution in [-0.4, -0.2) is 16.4 Å². The highest BCUT2D eigenvalue weighted by Gasteiger charge is 2.21. The van der Waals surface area contributed by atoms with Crippen LogP contribution in [0.5, 0.6) is 5.75 Å². The average Bonchev–Trinajstić information content (AvgIpc) is 2.88. The van der Waals surface area contributed by atoms with Gasteiger partial charge in [-0.2, -0.15) is 5.10 Å². The molecule has 1 aromatic carbocycles. The molecule has 1 fully saturated rings. The van der Waals surface area contributed by atoms with Crippen LogP contribution in [0.3, 0.4) is 0 Å². The Bertz CT molecular complexity index is 550. The minimum Gasteiger partial charge on any atom is -0.484 e. The molecule has 0 radical (unpaired) electrons. The van der Waals surface area contributed by atoms with E-state index in [9.17, 15) is 0 Å². The van der Waals surface area contributed by atoms with Gasteiger partial charge >= 0.3 is 0 Å². The highest BCUT2D eigenvalue weighted by Crippen LogP contribution is 2.31. The topological polar surface area (TPSA) is 36.3 Å². The zero-order chi connectivity index (χ0) is 13.8. The molecule has 1 aliphatic heterocycles. The molecule has 0 amide bonds. The van der Waals surface area contributed by atoms with Crippen LogP contribution in [0.4, 0.5) is 0 Å². The van der Waals surface area contributed by atoms with E-state index in [4.69, 9.17) is 21.1 Å². The van der Waals surface area contributed by atoms with Gasteiger partial charge in [-0.05, 0) is 24.8 Å². The van der Waals surface area contributed by atoms with Gasteiger partial charge < -0.3 is 9.47 Å². The molecule has 106 valence electrons. The molecular formula is C15H17ClN2O2. The quantitative estimate of drug-likeness (QED) is 0.859. The zero-order valence-corrected chi connectivity index (χ0v) is 11.9. The van der Waals surface area contributed by atoms with E-state index in [1.54, 1.807) is 10.9 Å². The lowest BCUT2D eigenvalue weighted by Gasteiger charge is -2.23. The molecule has 0 saturated carbocycles. The first-order valence-corrected chi connectivity index (χ1v) is 7.24. The van der Waals surface area contributed by atoms with E-state index < -0.39 is 0 Å². The first-order valence-electron chi connectivity index (χ1n) is 6.86. The Morgan fingerprint density at radius 2 is 2.15 bits per heavy atom. The highest BCUT2D eigenvalue weighted by molar-refractivity contribution is 6.31. The normalized spacial score (nSPS) is 18.9. The van der Waals surface area contributed by atoms with E-state index in [0.29, 0.717) is 17.5 Å². The Balaban J connectivity index is 1.67. The lowest BCUT2D eigenvalue weighted by molar-refractivity contribution is -0.0394. The molecule has 0 bridgehead atoms. The minimum absolute atomic E-state index is 0.0645. The number of rotatable bonds is 4. The van der Waals surface area contributed by atoms with Gasteiger partial charge in [0, 0.05) is 6.61 Å². The maximum atomic E-state index is 6.32. The molecule has 2 aromatic rings. The van der Waals surface area contributed by atoms with Crippen molar-refractivity contribution in [3.63, 3.8) is 0 Å². The van der Waals surface area contributed by atoms with Crippen molar-refractivity contribution in [2.45, 2.75) is 32.1 Å². The van der Waals surface area contributed by atoms with E-state index >= 15 is 0 Å². The van der Waals surface area contributed by atoms with Gasteiger partial charge in [0.15, 0.2) is 17.1 Å². The summed E-state index contributed by atoms with van der Waals surface area (Å²) < 4.78 is 13.1. The van der Waals surface area contributed by atoms with Gasteiger partial charge in [-0.15, -0.1) is 0 Å². The third-order valence-corrected chi connectivity index (χ3v) is 3.73. The second-order valence-corrected chi connectivity index (χ2v) is 5.20. The van der Waals surface area contributed by atoms with Crippen molar-refractivity contribution in [1.82, 2.24) is 9.78 Å². The molecule has 20 heavy (non-hydrogen) atoms. The Morgan fingerprint density at radius 1 is 1.30 bits per heavy atom. The zero-order valence-electron chi connectivity index (χ0n) is 11.2. The molecule has 2 heterocycles. The first-order chi connectivity index (χ1) is 9.84. The van der Waals surface area contributed by atoms with Gasteiger partial charge in [0.05, 0.1) is 6.20 Å². The maximum absolute atomic E-state index is 6.32. The van der Waals surface area contributed by atoms with Crippen LogP contribution in [0.1, 0.15) is 31.1 Å². The van der Waals surface area contributed by atoms with Gasteiger partial charge in [0.1, 0.15) is 6.61 Å². The molecule has 1 aliphatic rings. The molecule has 4 nitrogen and oxygen atoms in total. The van der Waals surface area contributed by atoms with Crippen molar-refractivity contribution in [2.24, 2.45) is 0 Å². The van der Waals surface area contributed by atoms with Crippen molar-refractivity contribution < 1.29 is 9.47 Å². The first kappa shape index (κ1) is 13.5. The summed E-state index contributed by atoms with van der Waals surface area (Å²) in [6.07, 6.45) is 4.78. The fraction of sp³-hybridized carbons (Fsp3) is 0.400. The van der Waals surface area contributed by atoms with Gasteiger partial charge in [-0.3, -0.25) is 0 Å². The number of aromatic nitrogens is 2. The number of halogens is 1. The van der Waals surface area contributed by atoms with Crippen LogP contribution >= 0.6 is 11.6 Å². The Hall–Kier alpha value is -1.52. The highest BCUT2D eigenvalue weighted by atomic mass is 35.5. The summed E-state index contributed by atoms with van der Waals surface area (Å²) >= 11 is 6.32. The summed E-state index contributed by atoms with van der Waals surface area (Å²) in [6, 6.07) is 9.99. The Morgan fingerprint density at radius 3 is 2.90 bits per heavy atom. The predicted molar refractivity (Wildman–Crippen MR) is 76.9 cm³/mol. The predicted octanol–water partition coefficient (Wildman–Crippen LogP) is 3.81. The lowest BCUT2D eigenvalue weighted by atomic mass is 10.2. The monoisotopic (exact) mass is 292 g/mol. The molecule has 3 rings (SSSR count). The number of hydrogen-bond donors (Lipinski definition) is 0. The molecule has 0 N–H and O–H groups in total. The molecule has 1 unspecified atom stereocenters. The third kappa shape index (κ3) is 2.97. The summed E-state index contributed by atoms with van der Waals surface area (Å²) in [5, 5.41) is 4.79. The van der Waals surface area contributed by atoms with E-state index in [0.717, 1.165) is 31.4 Å². The summed E-state index contributed by atoms with van der Waals surface area (Å²) in [4.78, 5) is 0. The lowest BCUT2D eigenvalue weighted by Crippen LogP contribution is -2.19. The van der Waals surface area contributed by atoms with E-state index in [1.165, 1.54) is 0 Å². The number of benzene rings is 1. The largest absolute Gasteiger partial charge is 0.484 e. The molecular weight excluding hydrogens is 276 g/mol. The van der Waals surface area contributed by atoms with E-state index in [-0.39, 0.29) is 6.23 Å². The Kier molecular flexibility index (Phi) is 4.23. The molecule has 1 atom stereocenters. The molecule has 5 heteroatoms. The average molecular weight is 293 g/mol. The van der Waals surface area contributed by atoms with E-state index in [2.05, 4.69) is 5.10 Å². The van der Waals surface area contributed by atoms with Gasteiger partial charge in [-0.1, -0.05) is 41.9 Å². The second kappa shape index (κ2) is 6.29. The van der Waals surface area contributed by atoms with Gasteiger partial charge in [0.2, 0.25) is 0 Å². The number of nitrogens with zero attached hydrogens (tertiary/aromatic N) is 2. The standard InChI is InChI=1S/C15H17ClN2O2/c16-15-13(20-11-12-6-2-1-3-7-12)10-17-18(15)14-8-4-5-9-19-14/h1-3,6-7,10,14H,4-5,8-9,11H2. The molecule has 0 spiro atoms. The smallest absolute Gasteiger partial charge is 0.176 e. The van der Waals surface area contributed by atoms with Crippen molar-refractivity contribution in [2.75, 3.05) is 6.61 Å². The van der Waals surface area contributed by atoms with Crippen LogP contribution in [0.15, 0.2) is 36.5 Å². The number of ether oxygens (including phenoxy) is 2. The SMILES string of the molecule is Clc1c(OCc2ccccc2)cnn1C1CCCCO1. The van der Waals surface area contributed by atoms with Gasteiger partial charge in [-0.25, -0.2) is 4.68 Å². The van der Waals surface area contributed by atoms with E-state index in [1.807, 2.05) is 30.3 Å². The molecule has 1 saturated heterocycles. The third-order valence-electron chi connectivity index (χ3n) is 3.37. The molecule has 1 aromatic heterocycles. The fourth-order valence-corrected chi connectivity index (χ4v) is 2.54. The van der Waals surface area contributed by atoms with Gasteiger partial charge in [0.25, 0.3) is 0 Å². The van der Waals surface area contributed by atoms with Crippen LogP contribution in [0.2, 0.25) is 5.15 Å². The maximum Gasteiger partial charge on any atom is 0.176 e. The van der Waals surface area contributed by atoms with Crippen LogP contribution in [0, 0.1) is 0 Å². The molecule has 0 aliphatic carbocycles. The Labute approximate surface area is 123 Å². The number of hydrogen-bond acceptors (Lipinski definition) is 3. The van der Waals surface area contributed by atoms with Crippen LogP contribution in [0.25, 0.3) is 0 Å². The van der Waals surface area contributed by atoms with Crippen molar-refractivity contribution >= 4 is 11.6 Å². The minimum atomic E-state index is -0.0645. The summed E-state index contributed by atoms with van der Waals surface area (Å²) in [6.45, 7) is 1.25. The van der Waals surface area contributed by atoms with Crippen LogP contribution < -0.4 is 4.74 Å². The van der Waals surface area contributed by atoms with Crippen molar-refractivity contribution in [1.29, 1.82) is 0 Å². The summed E-state index contributed by atoms with van der Waals surface area (Å²) in [7, 11) is 0. The fourth-order valence-electron chi connectivity index (χ4n) is 2.28. The van der Waals surface area contributed by atoms with Crippen molar-refractivity contribution in [3.8, 4) is 5.75 Å². The summed E-state index contributed by atoms with van der Waals surface area (Å²) in [5.41, 5.74) is 1.10. The second-order valence-electron chi connectivity index (χ2n) is 4.84. The summed E-state index contributed by atoms with van der Waals surface area (Å²) in [5.74, 6) is 0.602.